The lowest BCUT2D eigenvalue weighted by molar-refractivity contribution is 0.414. The molecule has 0 radical (unpaired) electrons. The summed E-state index contributed by atoms with van der Waals surface area (Å²) in [5, 5.41) is 5.98. The molecule has 4 heteroatoms. The summed E-state index contributed by atoms with van der Waals surface area (Å²) < 4.78 is 17.3. The van der Waals surface area contributed by atoms with E-state index in [1.165, 1.54) is 65.7 Å². The predicted octanol–water partition coefficient (Wildman–Crippen LogP) is 6.87. The topological polar surface area (TPSA) is 27.7 Å². The van der Waals surface area contributed by atoms with Gasteiger partial charge in [-0.3, -0.25) is 0 Å². The van der Waals surface area contributed by atoms with E-state index >= 15 is 0 Å². The monoisotopic (exact) mass is 554 g/mol. The van der Waals surface area contributed by atoms with Gasteiger partial charge in [0.1, 0.15) is 17.2 Å². The van der Waals surface area contributed by atoms with Crippen molar-refractivity contribution in [2.45, 2.75) is 69.2 Å². The summed E-state index contributed by atoms with van der Waals surface area (Å²) in [5.74, 6) is 3.05. The molecule has 0 amide bonds. The van der Waals surface area contributed by atoms with E-state index < -0.39 is 8.07 Å². The van der Waals surface area contributed by atoms with Crippen molar-refractivity contribution in [2.24, 2.45) is 5.92 Å². The van der Waals surface area contributed by atoms with Crippen molar-refractivity contribution in [3.63, 3.8) is 0 Å². The van der Waals surface area contributed by atoms with Crippen molar-refractivity contribution in [1.82, 2.24) is 0 Å². The maximum Gasteiger partial charge on any atom is 0.178 e. The smallest absolute Gasteiger partial charge is 0.178 e. The summed E-state index contributed by atoms with van der Waals surface area (Å²) in [7, 11) is 2.38. The Morgan fingerprint density at radius 3 is 0.950 bits per heavy atom. The van der Waals surface area contributed by atoms with Crippen molar-refractivity contribution in [2.75, 3.05) is 21.3 Å². The third-order valence-electron chi connectivity index (χ3n) is 9.40. The van der Waals surface area contributed by atoms with Crippen LogP contribution >= 0.6 is 0 Å². The van der Waals surface area contributed by atoms with Crippen LogP contribution in [0.1, 0.15) is 61.1 Å². The first-order valence-corrected chi connectivity index (χ1v) is 16.2. The Morgan fingerprint density at radius 2 is 0.750 bits per heavy atom. The van der Waals surface area contributed by atoms with Crippen molar-refractivity contribution in [3.8, 4) is 17.2 Å². The Bertz CT molecular complexity index is 1340. The second-order valence-corrected chi connectivity index (χ2v) is 15.3. The Kier molecular flexibility index (Phi) is 8.15. The zero-order chi connectivity index (χ0) is 29.7. The van der Waals surface area contributed by atoms with Gasteiger partial charge in [0.2, 0.25) is 0 Å². The minimum atomic E-state index is -2.90. The van der Waals surface area contributed by atoms with Gasteiger partial charge in [-0.15, -0.1) is 0 Å². The summed E-state index contributed by atoms with van der Waals surface area (Å²) in [6.45, 7) is 23.1. The van der Waals surface area contributed by atoms with Gasteiger partial charge in [0.25, 0.3) is 0 Å². The van der Waals surface area contributed by atoms with Crippen LogP contribution in [0, 0.1) is 47.5 Å². The quantitative estimate of drug-likeness (QED) is 0.236. The average molecular weight is 555 g/mol. The van der Waals surface area contributed by atoms with Crippen LogP contribution < -0.4 is 29.8 Å². The largest absolute Gasteiger partial charge is 0.497 e. The molecule has 0 saturated carbocycles. The van der Waals surface area contributed by atoms with Gasteiger partial charge in [-0.25, -0.2) is 0 Å². The standard InChI is InChI=1S/C36H46O3Si/c1-20-14-30(37-11)15-21(2)33(20)40(36-28(9)26(7)27(8)29(36)10,34-22(3)16-31(38-12)17-23(34)4)35-24(5)18-32(39-13)19-25(35)6/h14-19,28H,1-13H3. The van der Waals surface area contributed by atoms with Crippen molar-refractivity contribution in [3.05, 3.63) is 91.7 Å². The lowest BCUT2D eigenvalue weighted by atomic mass is 10.1. The molecule has 1 aliphatic carbocycles. The van der Waals surface area contributed by atoms with E-state index in [0.29, 0.717) is 5.92 Å². The summed E-state index contributed by atoms with van der Waals surface area (Å²) in [5.41, 5.74) is 12.0. The van der Waals surface area contributed by atoms with Crippen LogP contribution in [0.15, 0.2) is 58.3 Å². The van der Waals surface area contributed by atoms with E-state index in [-0.39, 0.29) is 0 Å². The number of aryl methyl sites for hydroxylation is 6. The Hall–Kier alpha value is -3.24. The SMILES string of the molecule is COc1cc(C)c([Si](C2=C(C)C(C)=C(C)C2C)(c2c(C)cc(OC)cc2C)c2c(C)cc(OC)cc2C)c(C)c1. The minimum Gasteiger partial charge on any atom is -0.497 e. The van der Waals surface area contributed by atoms with Gasteiger partial charge in [0.15, 0.2) is 8.07 Å². The summed E-state index contributed by atoms with van der Waals surface area (Å²) in [6, 6.07) is 13.4. The maximum atomic E-state index is 5.77. The van der Waals surface area contributed by atoms with Gasteiger partial charge >= 0.3 is 0 Å². The van der Waals surface area contributed by atoms with E-state index in [2.05, 4.69) is 106 Å². The fourth-order valence-corrected chi connectivity index (χ4v) is 14.8. The van der Waals surface area contributed by atoms with Gasteiger partial charge in [0, 0.05) is 0 Å². The third kappa shape index (κ3) is 4.41. The van der Waals surface area contributed by atoms with E-state index in [1.54, 1.807) is 26.5 Å². The molecule has 3 aromatic rings. The molecule has 0 bridgehead atoms. The average Bonchev–Trinajstić information content (AvgIpc) is 3.08. The number of hydrogen-bond acceptors (Lipinski definition) is 3. The highest BCUT2D eigenvalue weighted by Gasteiger charge is 2.52. The zero-order valence-electron chi connectivity index (χ0n) is 26.8. The third-order valence-corrected chi connectivity index (χ3v) is 15.6. The highest BCUT2D eigenvalue weighted by Crippen LogP contribution is 2.43. The second kappa shape index (κ2) is 11.0. The zero-order valence-corrected chi connectivity index (χ0v) is 27.8. The molecule has 0 fully saturated rings. The fraction of sp³-hybridized carbons (Fsp3) is 0.389. The van der Waals surface area contributed by atoms with E-state index in [0.717, 1.165) is 17.2 Å². The summed E-state index contributed by atoms with van der Waals surface area (Å²) >= 11 is 0. The molecule has 0 spiro atoms. The van der Waals surface area contributed by atoms with Crippen LogP contribution in [0.3, 0.4) is 0 Å². The molecule has 1 aliphatic rings. The molecular formula is C36H46O3Si. The number of ether oxygens (including phenoxy) is 3. The van der Waals surface area contributed by atoms with E-state index in [1.807, 2.05) is 0 Å². The molecule has 4 rings (SSSR count). The molecule has 1 atom stereocenters. The van der Waals surface area contributed by atoms with Crippen molar-refractivity contribution < 1.29 is 14.2 Å². The molecule has 212 valence electrons. The van der Waals surface area contributed by atoms with Gasteiger partial charge < -0.3 is 14.2 Å². The van der Waals surface area contributed by atoms with Gasteiger partial charge in [0.05, 0.1) is 21.3 Å². The molecule has 0 aromatic heterocycles. The first kappa shape index (κ1) is 29.7. The van der Waals surface area contributed by atoms with Crippen LogP contribution in [-0.4, -0.2) is 29.4 Å². The second-order valence-electron chi connectivity index (χ2n) is 11.7. The van der Waals surface area contributed by atoms with Gasteiger partial charge in [-0.05, 0) is 159 Å². The molecule has 3 nitrogen and oxygen atoms in total. The maximum absolute atomic E-state index is 5.77. The summed E-state index contributed by atoms with van der Waals surface area (Å²) in [4.78, 5) is 0. The lowest BCUT2D eigenvalue weighted by Gasteiger charge is -2.44. The number of benzene rings is 3. The number of methoxy groups -OCH3 is 3. The van der Waals surface area contributed by atoms with Crippen LogP contribution in [-0.2, 0) is 0 Å². The predicted molar refractivity (Wildman–Crippen MR) is 172 cm³/mol. The first-order valence-electron chi connectivity index (χ1n) is 14.2. The van der Waals surface area contributed by atoms with Crippen LogP contribution in [0.5, 0.6) is 17.2 Å². The van der Waals surface area contributed by atoms with E-state index in [9.17, 15) is 0 Å². The molecule has 0 saturated heterocycles. The number of rotatable bonds is 7. The fourth-order valence-electron chi connectivity index (χ4n) is 7.65. The molecule has 0 heterocycles. The minimum absolute atomic E-state index is 0.328. The van der Waals surface area contributed by atoms with Crippen molar-refractivity contribution in [1.29, 1.82) is 0 Å². The highest BCUT2D eigenvalue weighted by atomic mass is 28.3. The van der Waals surface area contributed by atoms with Crippen LogP contribution in [0.2, 0.25) is 0 Å². The molecule has 1 unspecified atom stereocenters. The Morgan fingerprint density at radius 1 is 0.475 bits per heavy atom. The molecule has 0 N–H and O–H groups in total. The van der Waals surface area contributed by atoms with Gasteiger partial charge in [-0.2, -0.15) is 0 Å². The van der Waals surface area contributed by atoms with Gasteiger partial charge in [-0.1, -0.05) is 23.3 Å². The first-order chi connectivity index (χ1) is 18.8. The molecule has 0 aliphatic heterocycles. The summed E-state index contributed by atoms with van der Waals surface area (Å²) in [6.07, 6.45) is 0. The van der Waals surface area contributed by atoms with Crippen molar-refractivity contribution >= 4 is 23.6 Å². The molecule has 40 heavy (non-hydrogen) atoms. The lowest BCUT2D eigenvalue weighted by Crippen LogP contribution is -2.73. The Balaban J connectivity index is 2.39. The van der Waals surface area contributed by atoms with E-state index in [4.69, 9.17) is 14.2 Å². The molecular weight excluding hydrogens is 508 g/mol. The van der Waals surface area contributed by atoms with Crippen LogP contribution in [0.4, 0.5) is 0 Å². The highest BCUT2D eigenvalue weighted by molar-refractivity contribution is 7.17. The van der Waals surface area contributed by atoms with Crippen LogP contribution in [0.25, 0.3) is 0 Å². The Labute approximate surface area is 242 Å². The number of hydrogen-bond donors (Lipinski definition) is 0. The molecule has 3 aromatic carbocycles. The number of allylic oxidation sites excluding steroid dienone is 4. The normalized spacial score (nSPS) is 15.7.